The summed E-state index contributed by atoms with van der Waals surface area (Å²) in [7, 11) is 0. The number of allylic oxidation sites excluding steroid dienone is 2. The highest BCUT2D eigenvalue weighted by molar-refractivity contribution is 5.87. The summed E-state index contributed by atoms with van der Waals surface area (Å²) in [6.45, 7) is 7.85. The number of hydrogen-bond donors (Lipinski definition) is 2. The molecule has 4 nitrogen and oxygen atoms in total. The van der Waals surface area contributed by atoms with Crippen LogP contribution in [0.25, 0.3) is 0 Å². The first-order valence-corrected chi connectivity index (χ1v) is 7.36. The molecule has 0 aliphatic heterocycles. The lowest BCUT2D eigenvalue weighted by Gasteiger charge is -2.21. The van der Waals surface area contributed by atoms with Crippen molar-refractivity contribution < 1.29 is 9.59 Å². The number of rotatable bonds is 6. The molecule has 0 aromatic rings. The lowest BCUT2D eigenvalue weighted by atomic mass is 10.0. The molecule has 0 spiro atoms. The number of carbonyl (C=O) groups excluding carboxylic acids is 2. The molecule has 1 aliphatic carbocycles. The van der Waals surface area contributed by atoms with E-state index >= 15 is 0 Å². The van der Waals surface area contributed by atoms with Crippen LogP contribution in [0.1, 0.15) is 47.0 Å². The van der Waals surface area contributed by atoms with E-state index in [9.17, 15) is 9.59 Å². The van der Waals surface area contributed by atoms with Crippen LogP contribution in [-0.4, -0.2) is 23.9 Å². The second-order valence-electron chi connectivity index (χ2n) is 5.72. The van der Waals surface area contributed by atoms with E-state index in [-0.39, 0.29) is 17.9 Å². The summed E-state index contributed by atoms with van der Waals surface area (Å²) in [5, 5.41) is 5.70. The van der Waals surface area contributed by atoms with Crippen molar-refractivity contribution in [3.8, 4) is 0 Å². The van der Waals surface area contributed by atoms with Crippen LogP contribution >= 0.6 is 0 Å². The minimum Gasteiger partial charge on any atom is -0.348 e. The van der Waals surface area contributed by atoms with Crippen molar-refractivity contribution in [2.45, 2.75) is 59.0 Å². The standard InChI is InChI=1S/C16H26N2O2/c1-5-11(2)10-15(19)17-13(4)16(20)18-14-8-6-7-12(3)9-14/h6-8,11,13-14H,5,9-10H2,1-4H3,(H,17,19)(H,18,20)/t11?,13-,14+/m0/s1. The van der Waals surface area contributed by atoms with Crippen LogP contribution in [0.3, 0.4) is 0 Å². The van der Waals surface area contributed by atoms with Gasteiger partial charge in [0.25, 0.3) is 0 Å². The third kappa shape index (κ3) is 5.59. The summed E-state index contributed by atoms with van der Waals surface area (Å²) in [4.78, 5) is 23.8. The van der Waals surface area contributed by atoms with Crippen LogP contribution in [0, 0.1) is 5.92 Å². The predicted octanol–water partition coefficient (Wildman–Crippen LogP) is 2.32. The summed E-state index contributed by atoms with van der Waals surface area (Å²) in [5.41, 5.74) is 1.24. The fourth-order valence-electron chi connectivity index (χ4n) is 2.07. The van der Waals surface area contributed by atoms with Gasteiger partial charge in [-0.25, -0.2) is 0 Å². The Hall–Kier alpha value is -1.58. The Morgan fingerprint density at radius 1 is 1.40 bits per heavy atom. The molecular weight excluding hydrogens is 252 g/mol. The molecule has 20 heavy (non-hydrogen) atoms. The van der Waals surface area contributed by atoms with Crippen LogP contribution in [0.5, 0.6) is 0 Å². The number of hydrogen-bond acceptors (Lipinski definition) is 2. The molecule has 1 rings (SSSR count). The monoisotopic (exact) mass is 278 g/mol. The molecule has 0 radical (unpaired) electrons. The van der Waals surface area contributed by atoms with E-state index in [1.807, 2.05) is 32.1 Å². The maximum atomic E-state index is 12.0. The molecule has 0 fully saturated rings. The Morgan fingerprint density at radius 2 is 2.10 bits per heavy atom. The van der Waals surface area contributed by atoms with Gasteiger partial charge in [0, 0.05) is 6.42 Å². The van der Waals surface area contributed by atoms with Gasteiger partial charge in [-0.15, -0.1) is 0 Å². The van der Waals surface area contributed by atoms with Crippen molar-refractivity contribution in [3.05, 3.63) is 23.8 Å². The lowest BCUT2D eigenvalue weighted by Crippen LogP contribution is -2.48. The number of carbonyl (C=O) groups is 2. The van der Waals surface area contributed by atoms with Crippen LogP contribution in [0.15, 0.2) is 23.8 Å². The first kappa shape index (κ1) is 16.5. The average Bonchev–Trinajstić information content (AvgIpc) is 2.38. The molecule has 0 saturated heterocycles. The van der Waals surface area contributed by atoms with Crippen molar-refractivity contribution in [1.82, 2.24) is 10.6 Å². The molecule has 2 amide bonds. The van der Waals surface area contributed by atoms with Crippen molar-refractivity contribution in [1.29, 1.82) is 0 Å². The Balaban J connectivity index is 2.38. The van der Waals surface area contributed by atoms with Crippen molar-refractivity contribution in [3.63, 3.8) is 0 Å². The van der Waals surface area contributed by atoms with Crippen molar-refractivity contribution >= 4 is 11.8 Å². The van der Waals surface area contributed by atoms with Gasteiger partial charge in [0.1, 0.15) is 6.04 Å². The van der Waals surface area contributed by atoms with Gasteiger partial charge in [0.05, 0.1) is 6.04 Å². The van der Waals surface area contributed by atoms with Crippen LogP contribution < -0.4 is 10.6 Å². The smallest absolute Gasteiger partial charge is 0.242 e. The molecule has 1 unspecified atom stereocenters. The Labute approximate surface area is 121 Å². The normalized spacial score (nSPS) is 20.8. The van der Waals surface area contributed by atoms with E-state index < -0.39 is 6.04 Å². The first-order chi connectivity index (χ1) is 9.42. The SMILES string of the molecule is CCC(C)CC(=O)N[C@@H](C)C(=O)N[C@@H]1C=CC=C(C)C1. The van der Waals surface area contributed by atoms with E-state index in [0.717, 1.165) is 12.8 Å². The predicted molar refractivity (Wildman–Crippen MR) is 81.1 cm³/mol. The molecule has 1 aliphatic rings. The topological polar surface area (TPSA) is 58.2 Å². The summed E-state index contributed by atoms with van der Waals surface area (Å²) in [6, 6.07) is -0.465. The molecule has 0 bridgehead atoms. The summed E-state index contributed by atoms with van der Waals surface area (Å²) >= 11 is 0. The molecule has 4 heteroatoms. The molecular formula is C16H26N2O2. The first-order valence-electron chi connectivity index (χ1n) is 7.36. The van der Waals surface area contributed by atoms with Gasteiger partial charge >= 0.3 is 0 Å². The fraction of sp³-hybridized carbons (Fsp3) is 0.625. The Morgan fingerprint density at radius 3 is 2.70 bits per heavy atom. The highest BCUT2D eigenvalue weighted by Gasteiger charge is 2.19. The second-order valence-corrected chi connectivity index (χ2v) is 5.72. The summed E-state index contributed by atoms with van der Waals surface area (Å²) in [5.74, 6) is 0.156. The van der Waals surface area contributed by atoms with Gasteiger partial charge in [0.2, 0.25) is 11.8 Å². The van der Waals surface area contributed by atoms with Crippen molar-refractivity contribution in [2.24, 2.45) is 5.92 Å². The molecule has 0 heterocycles. The van der Waals surface area contributed by atoms with Crippen LogP contribution in [0.4, 0.5) is 0 Å². The molecule has 0 saturated carbocycles. The largest absolute Gasteiger partial charge is 0.348 e. The van der Waals surface area contributed by atoms with E-state index in [1.165, 1.54) is 5.57 Å². The van der Waals surface area contributed by atoms with E-state index in [1.54, 1.807) is 6.92 Å². The fourth-order valence-corrected chi connectivity index (χ4v) is 2.07. The zero-order valence-electron chi connectivity index (χ0n) is 12.9. The third-order valence-electron chi connectivity index (χ3n) is 3.60. The van der Waals surface area contributed by atoms with Gasteiger partial charge in [-0.3, -0.25) is 9.59 Å². The molecule has 112 valence electrons. The van der Waals surface area contributed by atoms with Crippen molar-refractivity contribution in [2.75, 3.05) is 0 Å². The summed E-state index contributed by atoms with van der Waals surface area (Å²) in [6.07, 6.45) is 8.23. The molecule has 0 aromatic carbocycles. The van der Waals surface area contributed by atoms with Gasteiger partial charge in [-0.1, -0.05) is 44.1 Å². The molecule has 0 aromatic heterocycles. The second kappa shape index (κ2) is 7.88. The zero-order valence-corrected chi connectivity index (χ0v) is 12.9. The zero-order chi connectivity index (χ0) is 15.1. The van der Waals surface area contributed by atoms with Crippen LogP contribution in [-0.2, 0) is 9.59 Å². The average molecular weight is 278 g/mol. The van der Waals surface area contributed by atoms with Gasteiger partial charge < -0.3 is 10.6 Å². The molecule has 2 N–H and O–H groups in total. The van der Waals surface area contributed by atoms with Crippen LogP contribution in [0.2, 0.25) is 0 Å². The minimum atomic E-state index is -0.494. The summed E-state index contributed by atoms with van der Waals surface area (Å²) < 4.78 is 0. The van der Waals surface area contributed by atoms with E-state index in [0.29, 0.717) is 12.3 Å². The maximum Gasteiger partial charge on any atom is 0.242 e. The van der Waals surface area contributed by atoms with Gasteiger partial charge in [-0.2, -0.15) is 0 Å². The third-order valence-corrected chi connectivity index (χ3v) is 3.60. The molecule has 3 atom stereocenters. The van der Waals surface area contributed by atoms with E-state index in [4.69, 9.17) is 0 Å². The Bertz CT molecular complexity index is 413. The van der Waals surface area contributed by atoms with E-state index in [2.05, 4.69) is 17.6 Å². The minimum absolute atomic E-state index is 0.0291. The maximum absolute atomic E-state index is 12.0. The number of nitrogens with one attached hydrogen (secondary N) is 2. The Kier molecular flexibility index (Phi) is 6.49. The quantitative estimate of drug-likeness (QED) is 0.783. The van der Waals surface area contributed by atoms with Gasteiger partial charge in [0.15, 0.2) is 0 Å². The van der Waals surface area contributed by atoms with Gasteiger partial charge in [-0.05, 0) is 26.2 Å². The number of amides is 2. The highest BCUT2D eigenvalue weighted by atomic mass is 16.2. The highest BCUT2D eigenvalue weighted by Crippen LogP contribution is 2.11. The lowest BCUT2D eigenvalue weighted by molar-refractivity contribution is -0.129.